The number of aromatic nitrogens is 2. The zero-order valence-electron chi connectivity index (χ0n) is 26.6. The van der Waals surface area contributed by atoms with E-state index >= 15 is 0 Å². The van der Waals surface area contributed by atoms with E-state index in [4.69, 9.17) is 14.5 Å². The Bertz CT molecular complexity index is 1400. The lowest BCUT2D eigenvalue weighted by atomic mass is 9.84. The second-order valence-electron chi connectivity index (χ2n) is 12.7. The van der Waals surface area contributed by atoms with Gasteiger partial charge in [0.05, 0.1) is 30.2 Å². The fourth-order valence-corrected chi connectivity index (χ4v) is 6.46. The number of carbonyl (C=O) groups excluding carboxylic acids is 1. The number of aliphatic hydroxyl groups excluding tert-OH is 1. The number of nitrogens with zero attached hydrogens (tertiary/aromatic N) is 4. The molecule has 0 unspecified atom stereocenters. The SMILES string of the molecule is CCn1c(-c2cccnc2[C@H](C)OC)c(CC(C)(C)CO)c2cc(N3CCO[C@@H](CCC(=O)N4CCCCN4)C3)ccc21. The van der Waals surface area contributed by atoms with Crippen LogP contribution in [0.3, 0.4) is 0 Å². The third-order valence-corrected chi connectivity index (χ3v) is 8.98. The second kappa shape index (κ2) is 13.8. The topological polar surface area (TPSA) is 92.1 Å². The van der Waals surface area contributed by atoms with E-state index in [1.54, 1.807) is 12.1 Å². The average molecular weight is 592 g/mol. The third-order valence-electron chi connectivity index (χ3n) is 8.98. The summed E-state index contributed by atoms with van der Waals surface area (Å²) in [6.45, 7) is 13.2. The van der Waals surface area contributed by atoms with Gasteiger partial charge in [-0.15, -0.1) is 0 Å². The number of amides is 1. The van der Waals surface area contributed by atoms with Gasteiger partial charge in [0.15, 0.2) is 0 Å². The highest BCUT2D eigenvalue weighted by Crippen LogP contribution is 2.41. The molecule has 0 bridgehead atoms. The number of pyridine rings is 1. The van der Waals surface area contributed by atoms with Gasteiger partial charge in [-0.1, -0.05) is 13.8 Å². The van der Waals surface area contributed by atoms with Crippen molar-refractivity contribution in [3.05, 3.63) is 47.8 Å². The fourth-order valence-electron chi connectivity index (χ4n) is 6.46. The first-order valence-corrected chi connectivity index (χ1v) is 15.9. The largest absolute Gasteiger partial charge is 0.396 e. The zero-order valence-corrected chi connectivity index (χ0v) is 26.6. The molecule has 234 valence electrons. The van der Waals surface area contributed by atoms with Gasteiger partial charge in [0, 0.05) is 81.2 Å². The van der Waals surface area contributed by atoms with Crippen LogP contribution in [0.25, 0.3) is 22.2 Å². The van der Waals surface area contributed by atoms with Crippen LogP contribution in [0.2, 0.25) is 0 Å². The molecule has 4 heterocycles. The number of nitrogens with one attached hydrogen (secondary N) is 1. The summed E-state index contributed by atoms with van der Waals surface area (Å²) in [6, 6.07) is 10.9. The average Bonchev–Trinajstić information content (AvgIpc) is 3.35. The van der Waals surface area contributed by atoms with E-state index in [1.165, 1.54) is 16.5 Å². The smallest absolute Gasteiger partial charge is 0.236 e. The minimum absolute atomic E-state index is 0.00950. The first-order valence-electron chi connectivity index (χ1n) is 15.9. The quantitative estimate of drug-likeness (QED) is 0.320. The predicted octanol–water partition coefficient (Wildman–Crippen LogP) is 5.10. The van der Waals surface area contributed by atoms with Gasteiger partial charge in [0.2, 0.25) is 5.91 Å². The highest BCUT2D eigenvalue weighted by molar-refractivity contribution is 5.94. The summed E-state index contributed by atoms with van der Waals surface area (Å²) in [6.07, 6.45) is 5.78. The van der Waals surface area contributed by atoms with Gasteiger partial charge >= 0.3 is 0 Å². The minimum atomic E-state index is -0.299. The molecule has 2 saturated heterocycles. The van der Waals surface area contributed by atoms with Crippen molar-refractivity contribution in [3.8, 4) is 11.3 Å². The standard InChI is InChI=1S/C34H49N5O4/c1-6-38-30-13-11-25(37-18-19-43-26(22-37)12-14-31(41)39-17-8-7-16-36-39)20-28(30)29(21-34(3,4)23-40)33(38)27-10-9-15-35-32(27)24(2)42-5/h9-11,13,15,20,24,26,36,40H,6-8,12,14,16-19,21-23H2,1-5H3/t24-,26-/m0/s1. The van der Waals surface area contributed by atoms with Crippen LogP contribution in [-0.2, 0) is 27.2 Å². The number of methoxy groups -OCH3 is 1. The summed E-state index contributed by atoms with van der Waals surface area (Å²) in [5, 5.41) is 13.3. The fraction of sp³-hybridized carbons (Fsp3) is 0.588. The van der Waals surface area contributed by atoms with Gasteiger partial charge in [-0.3, -0.25) is 14.8 Å². The molecular weight excluding hydrogens is 542 g/mol. The summed E-state index contributed by atoms with van der Waals surface area (Å²) in [5.74, 6) is 0.156. The van der Waals surface area contributed by atoms with E-state index in [1.807, 2.05) is 19.2 Å². The van der Waals surface area contributed by atoms with Crippen LogP contribution in [0.4, 0.5) is 5.69 Å². The van der Waals surface area contributed by atoms with Gasteiger partial charge in [0.1, 0.15) is 0 Å². The lowest BCUT2D eigenvalue weighted by molar-refractivity contribution is -0.136. The Labute approximate surface area is 256 Å². The lowest BCUT2D eigenvalue weighted by Gasteiger charge is -2.35. The van der Waals surface area contributed by atoms with Gasteiger partial charge in [-0.2, -0.15) is 0 Å². The molecule has 3 aromatic rings. The minimum Gasteiger partial charge on any atom is -0.396 e. The number of benzene rings is 1. The molecule has 9 heteroatoms. The molecular formula is C34H49N5O4. The van der Waals surface area contributed by atoms with E-state index in [2.05, 4.69) is 59.9 Å². The van der Waals surface area contributed by atoms with Crippen molar-refractivity contribution in [1.29, 1.82) is 0 Å². The normalized spacial score (nSPS) is 18.8. The Balaban J connectivity index is 1.48. The number of aliphatic hydroxyl groups is 1. The van der Waals surface area contributed by atoms with Crippen molar-refractivity contribution < 1.29 is 19.4 Å². The first kappa shape index (κ1) is 31.4. The van der Waals surface area contributed by atoms with Crippen LogP contribution < -0.4 is 10.3 Å². The Morgan fingerprint density at radius 3 is 2.81 bits per heavy atom. The van der Waals surface area contributed by atoms with Gasteiger partial charge < -0.3 is 24.0 Å². The molecule has 9 nitrogen and oxygen atoms in total. The molecule has 2 atom stereocenters. The molecule has 2 aliphatic heterocycles. The van der Waals surface area contributed by atoms with Crippen molar-refractivity contribution >= 4 is 22.5 Å². The monoisotopic (exact) mass is 591 g/mol. The lowest BCUT2D eigenvalue weighted by Crippen LogP contribution is -2.48. The molecule has 0 aliphatic carbocycles. The maximum absolute atomic E-state index is 12.7. The van der Waals surface area contributed by atoms with E-state index < -0.39 is 0 Å². The summed E-state index contributed by atoms with van der Waals surface area (Å²) in [4.78, 5) is 19.9. The maximum atomic E-state index is 12.7. The Hall–Kier alpha value is -2.98. The number of morpholine rings is 1. The number of carbonyl (C=O) groups is 1. The van der Waals surface area contributed by atoms with Crippen molar-refractivity contribution in [2.24, 2.45) is 5.41 Å². The molecule has 43 heavy (non-hydrogen) atoms. The number of hydrogen-bond acceptors (Lipinski definition) is 7. The van der Waals surface area contributed by atoms with E-state index in [0.29, 0.717) is 19.4 Å². The number of fused-ring (bicyclic) bond motifs is 1. The van der Waals surface area contributed by atoms with E-state index in [0.717, 1.165) is 74.6 Å². The number of hydrazine groups is 1. The molecule has 0 radical (unpaired) electrons. The molecule has 5 rings (SSSR count). The highest BCUT2D eigenvalue weighted by Gasteiger charge is 2.29. The van der Waals surface area contributed by atoms with E-state index in [-0.39, 0.29) is 30.1 Å². The van der Waals surface area contributed by atoms with Crippen molar-refractivity contribution in [3.63, 3.8) is 0 Å². The van der Waals surface area contributed by atoms with Crippen LogP contribution in [-0.4, -0.2) is 78.2 Å². The molecule has 0 saturated carbocycles. The molecule has 2 fully saturated rings. The molecule has 2 N–H and O–H groups in total. The van der Waals surface area contributed by atoms with Crippen LogP contribution in [0.5, 0.6) is 0 Å². The number of rotatable bonds is 11. The molecule has 0 spiro atoms. The van der Waals surface area contributed by atoms with E-state index in [9.17, 15) is 9.90 Å². The van der Waals surface area contributed by atoms with Crippen LogP contribution >= 0.6 is 0 Å². The summed E-state index contributed by atoms with van der Waals surface area (Å²) in [7, 11) is 1.72. The Morgan fingerprint density at radius 1 is 1.26 bits per heavy atom. The van der Waals surface area contributed by atoms with Crippen LogP contribution in [0.15, 0.2) is 36.5 Å². The number of hydrogen-bond donors (Lipinski definition) is 2. The molecule has 1 amide bonds. The molecule has 2 aliphatic rings. The Morgan fingerprint density at radius 2 is 2.09 bits per heavy atom. The predicted molar refractivity (Wildman–Crippen MR) is 171 cm³/mol. The number of aryl methyl sites for hydroxylation is 1. The first-order chi connectivity index (χ1) is 20.8. The van der Waals surface area contributed by atoms with Gasteiger partial charge in [0.25, 0.3) is 0 Å². The summed E-state index contributed by atoms with van der Waals surface area (Å²) < 4.78 is 14.2. The zero-order chi connectivity index (χ0) is 30.6. The highest BCUT2D eigenvalue weighted by atomic mass is 16.5. The maximum Gasteiger partial charge on any atom is 0.236 e. The molecule has 1 aromatic carbocycles. The number of anilines is 1. The second-order valence-corrected chi connectivity index (χ2v) is 12.7. The van der Waals surface area contributed by atoms with Gasteiger partial charge in [-0.25, -0.2) is 5.43 Å². The van der Waals surface area contributed by atoms with Crippen LogP contribution in [0.1, 0.15) is 70.7 Å². The van der Waals surface area contributed by atoms with Gasteiger partial charge in [-0.05, 0) is 80.8 Å². The number of ether oxygens (including phenoxy) is 2. The van der Waals surface area contributed by atoms with Crippen LogP contribution in [0, 0.1) is 5.41 Å². The third kappa shape index (κ3) is 6.90. The van der Waals surface area contributed by atoms with Crippen molar-refractivity contribution in [1.82, 2.24) is 20.0 Å². The summed E-state index contributed by atoms with van der Waals surface area (Å²) >= 11 is 0. The van der Waals surface area contributed by atoms with Crippen molar-refractivity contribution in [2.75, 3.05) is 51.4 Å². The van der Waals surface area contributed by atoms with Crippen molar-refractivity contribution in [2.45, 2.75) is 78.6 Å². The molecule has 2 aromatic heterocycles. The Kier molecular flexibility index (Phi) is 10.1. The summed E-state index contributed by atoms with van der Waals surface area (Å²) in [5.41, 5.74) is 9.61.